The molecule has 2 aromatic rings. The maximum absolute atomic E-state index is 5.80. The molecule has 0 aliphatic rings. The van der Waals surface area contributed by atoms with Crippen LogP contribution in [0, 0.1) is 0 Å². The van der Waals surface area contributed by atoms with E-state index in [0.717, 1.165) is 28.7 Å². The second-order valence-electron chi connectivity index (χ2n) is 2.82. The summed E-state index contributed by atoms with van der Waals surface area (Å²) in [6.45, 7) is 3.67. The summed E-state index contributed by atoms with van der Waals surface area (Å²) in [5.74, 6) is 0. The Hall–Kier alpha value is -1.84. The summed E-state index contributed by atoms with van der Waals surface area (Å²) < 4.78 is 0. The van der Waals surface area contributed by atoms with E-state index in [0.29, 0.717) is 0 Å². The van der Waals surface area contributed by atoms with Gasteiger partial charge in [-0.25, -0.2) is 0 Å². The Labute approximate surface area is 75.4 Å². The first kappa shape index (κ1) is 7.79. The number of anilines is 1. The lowest BCUT2D eigenvalue weighted by Crippen LogP contribution is -1.94. The number of H-pyrrole nitrogens is 1. The fourth-order valence-corrected chi connectivity index (χ4v) is 1.34. The van der Waals surface area contributed by atoms with Crippen LogP contribution in [-0.2, 0) is 6.42 Å². The largest absolute Gasteiger partial charge is 0.398 e. The van der Waals surface area contributed by atoms with Gasteiger partial charge in [0, 0.05) is 11.3 Å². The van der Waals surface area contributed by atoms with Crippen molar-refractivity contribution in [2.24, 2.45) is 0 Å². The molecule has 13 heavy (non-hydrogen) atoms. The van der Waals surface area contributed by atoms with E-state index in [2.05, 4.69) is 22.0 Å². The number of hydrogen-bond acceptors (Lipinski definition) is 3. The predicted molar refractivity (Wildman–Crippen MR) is 52.2 cm³/mol. The third-order valence-electron chi connectivity index (χ3n) is 1.98. The number of nitrogens with zero attached hydrogens (tertiary/aromatic N) is 2. The molecule has 0 saturated heterocycles. The van der Waals surface area contributed by atoms with Gasteiger partial charge in [-0.2, -0.15) is 15.4 Å². The molecule has 0 unspecified atom stereocenters. The molecule has 0 atom stereocenters. The van der Waals surface area contributed by atoms with Crippen molar-refractivity contribution in [2.45, 2.75) is 6.42 Å². The zero-order chi connectivity index (χ0) is 9.26. The smallest absolute Gasteiger partial charge is 0.118 e. The maximum Gasteiger partial charge on any atom is 0.118 e. The van der Waals surface area contributed by atoms with Gasteiger partial charge in [-0.3, -0.25) is 0 Å². The van der Waals surface area contributed by atoms with Crippen LogP contribution in [0.25, 0.3) is 11.0 Å². The van der Waals surface area contributed by atoms with Crippen LogP contribution in [0.1, 0.15) is 5.56 Å². The summed E-state index contributed by atoms with van der Waals surface area (Å²) in [6, 6.07) is 3.68. The van der Waals surface area contributed by atoms with Crippen molar-refractivity contribution in [3.8, 4) is 0 Å². The van der Waals surface area contributed by atoms with Crippen LogP contribution in [0.3, 0.4) is 0 Å². The molecule has 1 aromatic heterocycles. The molecule has 1 heterocycles. The van der Waals surface area contributed by atoms with E-state index in [1.807, 2.05) is 12.1 Å². The highest BCUT2D eigenvalue weighted by Gasteiger charge is 2.06. The van der Waals surface area contributed by atoms with Crippen molar-refractivity contribution in [1.29, 1.82) is 0 Å². The van der Waals surface area contributed by atoms with Gasteiger partial charge in [0.15, 0.2) is 0 Å². The van der Waals surface area contributed by atoms with Crippen molar-refractivity contribution in [3.05, 3.63) is 30.4 Å². The molecular formula is C9H10N4. The molecule has 0 amide bonds. The standard InChI is InChI=1S/C9H10N4/c1-2-3-6-7(10)4-5-8-9(6)12-13-11-8/h2,4-5H,1,3,10H2,(H,11,12,13). The third kappa shape index (κ3) is 1.16. The molecule has 0 aliphatic heterocycles. The lowest BCUT2D eigenvalue weighted by molar-refractivity contribution is 0.957. The number of nitrogens with one attached hydrogen (secondary N) is 1. The molecule has 0 bridgehead atoms. The highest BCUT2D eigenvalue weighted by molar-refractivity contribution is 5.82. The van der Waals surface area contributed by atoms with E-state index in [1.165, 1.54) is 0 Å². The van der Waals surface area contributed by atoms with Gasteiger partial charge in [-0.15, -0.1) is 6.58 Å². The summed E-state index contributed by atoms with van der Waals surface area (Å²) in [6.07, 6.45) is 2.52. The third-order valence-corrected chi connectivity index (χ3v) is 1.98. The quantitative estimate of drug-likeness (QED) is 0.532. The molecule has 2 rings (SSSR count). The second kappa shape index (κ2) is 2.90. The molecule has 0 aliphatic carbocycles. The minimum Gasteiger partial charge on any atom is -0.398 e. The molecule has 0 spiro atoms. The summed E-state index contributed by atoms with van der Waals surface area (Å²) >= 11 is 0. The van der Waals surface area contributed by atoms with Gasteiger partial charge in [0.2, 0.25) is 0 Å². The van der Waals surface area contributed by atoms with Crippen LogP contribution in [0.5, 0.6) is 0 Å². The predicted octanol–water partition coefficient (Wildman–Crippen LogP) is 1.27. The molecule has 0 saturated carbocycles. The lowest BCUT2D eigenvalue weighted by atomic mass is 10.1. The average molecular weight is 174 g/mol. The SMILES string of the molecule is C=CCc1c(N)ccc2n[nH]nc12. The second-order valence-corrected chi connectivity index (χ2v) is 2.82. The minimum atomic E-state index is 0.718. The highest BCUT2D eigenvalue weighted by Crippen LogP contribution is 2.21. The first-order valence-corrected chi connectivity index (χ1v) is 4.01. The average Bonchev–Trinajstić information content (AvgIpc) is 2.58. The van der Waals surface area contributed by atoms with Gasteiger partial charge in [-0.1, -0.05) is 6.08 Å². The number of allylic oxidation sites excluding steroid dienone is 1. The molecule has 4 nitrogen and oxygen atoms in total. The van der Waals surface area contributed by atoms with Crippen LogP contribution >= 0.6 is 0 Å². The Bertz CT molecular complexity index is 444. The van der Waals surface area contributed by atoms with E-state index in [4.69, 9.17) is 5.73 Å². The van der Waals surface area contributed by atoms with E-state index in [-0.39, 0.29) is 0 Å². The molecule has 4 heteroatoms. The first-order valence-electron chi connectivity index (χ1n) is 4.01. The van der Waals surface area contributed by atoms with Gasteiger partial charge >= 0.3 is 0 Å². The Kier molecular flexibility index (Phi) is 1.73. The van der Waals surface area contributed by atoms with Crippen LogP contribution in [0.2, 0.25) is 0 Å². The fraction of sp³-hybridized carbons (Fsp3) is 0.111. The summed E-state index contributed by atoms with van der Waals surface area (Å²) in [5, 5.41) is 10.6. The van der Waals surface area contributed by atoms with Gasteiger partial charge in [0.25, 0.3) is 0 Å². The Morgan fingerprint density at radius 3 is 3.08 bits per heavy atom. The van der Waals surface area contributed by atoms with E-state index >= 15 is 0 Å². The Balaban J connectivity index is 2.72. The Morgan fingerprint density at radius 2 is 2.31 bits per heavy atom. The van der Waals surface area contributed by atoms with E-state index < -0.39 is 0 Å². The zero-order valence-corrected chi connectivity index (χ0v) is 7.12. The van der Waals surface area contributed by atoms with Gasteiger partial charge in [0.05, 0.1) is 0 Å². The number of hydrogen-bond donors (Lipinski definition) is 2. The van der Waals surface area contributed by atoms with E-state index in [9.17, 15) is 0 Å². The number of rotatable bonds is 2. The molecule has 1 aromatic carbocycles. The highest BCUT2D eigenvalue weighted by atomic mass is 15.3. The number of benzene rings is 1. The number of fused-ring (bicyclic) bond motifs is 1. The van der Waals surface area contributed by atoms with Crippen LogP contribution in [-0.4, -0.2) is 15.4 Å². The van der Waals surface area contributed by atoms with Crippen molar-refractivity contribution in [1.82, 2.24) is 15.4 Å². The number of nitrogens with two attached hydrogens (primary N) is 1. The molecule has 3 N–H and O–H groups in total. The van der Waals surface area contributed by atoms with Crippen molar-refractivity contribution in [3.63, 3.8) is 0 Å². The van der Waals surface area contributed by atoms with Gasteiger partial charge in [0.1, 0.15) is 11.0 Å². The van der Waals surface area contributed by atoms with Gasteiger partial charge in [-0.05, 0) is 18.6 Å². The normalized spacial score (nSPS) is 10.5. The maximum atomic E-state index is 5.80. The first-order chi connectivity index (χ1) is 6.33. The number of aromatic nitrogens is 3. The van der Waals surface area contributed by atoms with Crippen LogP contribution in [0.4, 0.5) is 5.69 Å². The van der Waals surface area contributed by atoms with Gasteiger partial charge < -0.3 is 5.73 Å². The lowest BCUT2D eigenvalue weighted by Gasteiger charge is -2.01. The van der Waals surface area contributed by atoms with E-state index in [1.54, 1.807) is 6.08 Å². The summed E-state index contributed by atoms with van der Waals surface area (Å²) in [7, 11) is 0. The number of nitrogen functional groups attached to an aromatic ring is 1. The summed E-state index contributed by atoms with van der Waals surface area (Å²) in [5.41, 5.74) is 9.20. The molecule has 0 fully saturated rings. The molecular weight excluding hydrogens is 164 g/mol. The zero-order valence-electron chi connectivity index (χ0n) is 7.12. The van der Waals surface area contributed by atoms with Crippen LogP contribution < -0.4 is 5.73 Å². The topological polar surface area (TPSA) is 67.6 Å². The minimum absolute atomic E-state index is 0.718. The van der Waals surface area contributed by atoms with Crippen molar-refractivity contribution >= 4 is 16.7 Å². The summed E-state index contributed by atoms with van der Waals surface area (Å²) in [4.78, 5) is 0. The monoisotopic (exact) mass is 174 g/mol. The Morgan fingerprint density at radius 1 is 1.46 bits per heavy atom. The fourth-order valence-electron chi connectivity index (χ4n) is 1.34. The van der Waals surface area contributed by atoms with Crippen molar-refractivity contribution < 1.29 is 0 Å². The molecule has 0 radical (unpaired) electrons. The number of aromatic amines is 1. The molecule has 66 valence electrons. The van der Waals surface area contributed by atoms with Crippen molar-refractivity contribution in [2.75, 3.05) is 5.73 Å². The van der Waals surface area contributed by atoms with Crippen LogP contribution in [0.15, 0.2) is 24.8 Å².